The maximum atomic E-state index is 13.5. The van der Waals surface area contributed by atoms with E-state index in [1.807, 2.05) is 15.5 Å². The second kappa shape index (κ2) is 7.42. The van der Waals surface area contributed by atoms with E-state index in [9.17, 15) is 8.78 Å². The van der Waals surface area contributed by atoms with Crippen LogP contribution < -0.4 is 9.80 Å². The number of nitrogens with zero attached hydrogens (tertiary/aromatic N) is 5. The highest BCUT2D eigenvalue weighted by Gasteiger charge is 2.28. The number of halogens is 3. The van der Waals surface area contributed by atoms with E-state index in [0.29, 0.717) is 19.8 Å². The molecule has 0 bridgehead atoms. The first-order valence-corrected chi connectivity index (χ1v) is 10.0. The lowest BCUT2D eigenvalue weighted by atomic mass is 9.99. The molecule has 2 aliphatic rings. The van der Waals surface area contributed by atoms with Crippen LogP contribution >= 0.6 is 11.6 Å². The zero-order valence-corrected chi connectivity index (χ0v) is 16.4. The number of morpholine rings is 1. The Labute approximate surface area is 171 Å². The van der Waals surface area contributed by atoms with E-state index in [4.69, 9.17) is 21.3 Å². The van der Waals surface area contributed by atoms with Gasteiger partial charge in [-0.1, -0.05) is 11.6 Å². The summed E-state index contributed by atoms with van der Waals surface area (Å²) in [6, 6.07) is 3.18. The fourth-order valence-electron chi connectivity index (χ4n) is 4.10. The van der Waals surface area contributed by atoms with Gasteiger partial charge in [0, 0.05) is 48.3 Å². The van der Waals surface area contributed by atoms with Gasteiger partial charge in [0.1, 0.15) is 5.52 Å². The number of aromatic nitrogens is 3. The summed E-state index contributed by atoms with van der Waals surface area (Å²) >= 11 is 6.10. The summed E-state index contributed by atoms with van der Waals surface area (Å²) in [7, 11) is 0. The number of ether oxygens (including phenoxy) is 1. The first-order valence-electron chi connectivity index (χ1n) is 9.66. The van der Waals surface area contributed by atoms with Gasteiger partial charge in [0.05, 0.1) is 19.4 Å². The van der Waals surface area contributed by atoms with Crippen molar-refractivity contribution >= 4 is 34.6 Å². The number of anilines is 3. The fourth-order valence-corrected chi connectivity index (χ4v) is 4.37. The van der Waals surface area contributed by atoms with Crippen LogP contribution in [0.5, 0.6) is 0 Å². The van der Waals surface area contributed by atoms with Crippen molar-refractivity contribution in [3.8, 4) is 0 Å². The molecule has 0 aliphatic carbocycles. The van der Waals surface area contributed by atoms with E-state index in [-0.39, 0.29) is 10.6 Å². The van der Waals surface area contributed by atoms with Gasteiger partial charge in [0.25, 0.3) is 6.43 Å². The van der Waals surface area contributed by atoms with Gasteiger partial charge in [-0.2, -0.15) is 4.98 Å². The van der Waals surface area contributed by atoms with Crippen molar-refractivity contribution in [2.45, 2.75) is 19.3 Å². The molecule has 9 heteroatoms. The van der Waals surface area contributed by atoms with E-state index < -0.39 is 6.43 Å². The topological polar surface area (TPSA) is 45.9 Å². The number of hydrogen-bond donors (Lipinski definition) is 0. The van der Waals surface area contributed by atoms with E-state index in [1.165, 1.54) is 6.07 Å². The van der Waals surface area contributed by atoms with Crippen molar-refractivity contribution < 1.29 is 13.5 Å². The largest absolute Gasteiger partial charge is 0.378 e. The minimum Gasteiger partial charge on any atom is -0.378 e. The van der Waals surface area contributed by atoms with Gasteiger partial charge in [-0.05, 0) is 30.5 Å². The van der Waals surface area contributed by atoms with Gasteiger partial charge in [-0.25, -0.2) is 8.78 Å². The van der Waals surface area contributed by atoms with Crippen LogP contribution in [0.4, 0.5) is 26.2 Å². The molecule has 6 nitrogen and oxygen atoms in total. The number of aryl methyl sites for hydroxylation is 1. The van der Waals surface area contributed by atoms with Crippen molar-refractivity contribution in [2.24, 2.45) is 0 Å². The van der Waals surface area contributed by atoms with Gasteiger partial charge in [-0.3, -0.25) is 9.38 Å². The van der Waals surface area contributed by atoms with Gasteiger partial charge >= 0.3 is 0 Å². The molecule has 0 radical (unpaired) electrons. The molecule has 0 unspecified atom stereocenters. The number of benzene rings is 1. The fraction of sp³-hybridized carbons (Fsp3) is 0.400. The van der Waals surface area contributed by atoms with Crippen LogP contribution in [0.1, 0.15) is 24.0 Å². The van der Waals surface area contributed by atoms with E-state index in [2.05, 4.69) is 9.88 Å². The number of hydrogen-bond acceptors (Lipinski definition) is 5. The van der Waals surface area contributed by atoms with Crippen molar-refractivity contribution in [1.29, 1.82) is 0 Å². The Morgan fingerprint density at radius 2 is 1.97 bits per heavy atom. The molecule has 3 aromatic rings. The van der Waals surface area contributed by atoms with Gasteiger partial charge < -0.3 is 14.5 Å². The van der Waals surface area contributed by atoms with Crippen molar-refractivity contribution in [2.75, 3.05) is 42.6 Å². The molecule has 0 atom stereocenters. The third-order valence-electron chi connectivity index (χ3n) is 5.51. The SMILES string of the molecule is FC(F)c1cc2c(cc1Cl)CCCN2c1nc(N2CCOCC2)n2ccncc12. The van der Waals surface area contributed by atoms with E-state index in [1.54, 1.807) is 18.5 Å². The zero-order valence-electron chi connectivity index (χ0n) is 15.7. The molecule has 1 aromatic carbocycles. The quantitative estimate of drug-likeness (QED) is 0.635. The molecule has 0 amide bonds. The predicted octanol–water partition coefficient (Wildman–Crippen LogP) is 4.24. The van der Waals surface area contributed by atoms with E-state index >= 15 is 0 Å². The third-order valence-corrected chi connectivity index (χ3v) is 5.84. The van der Waals surface area contributed by atoms with Crippen LogP contribution in [0.25, 0.3) is 5.52 Å². The Morgan fingerprint density at radius 3 is 2.76 bits per heavy atom. The average Bonchev–Trinajstić information content (AvgIpc) is 3.13. The molecule has 0 saturated carbocycles. The summed E-state index contributed by atoms with van der Waals surface area (Å²) in [5.74, 6) is 1.54. The third kappa shape index (κ3) is 3.20. The molecule has 2 aromatic heterocycles. The lowest BCUT2D eigenvalue weighted by Gasteiger charge is -2.31. The molecule has 4 heterocycles. The molecule has 152 valence electrons. The standard InChI is InChI=1S/C20H20ClF2N5O/c21-15-10-13-2-1-4-27(16(13)11-14(15)18(22)23)19-17-12-24-3-5-28(17)20(25-19)26-6-8-29-9-7-26/h3,5,10-12,18H,1-2,4,6-9H2. The molecule has 2 aliphatic heterocycles. The second-order valence-electron chi connectivity index (χ2n) is 7.22. The normalized spacial score (nSPS) is 17.2. The van der Waals surface area contributed by atoms with Gasteiger partial charge in [0.2, 0.25) is 5.95 Å². The first-order chi connectivity index (χ1) is 14.1. The zero-order chi connectivity index (χ0) is 20.0. The Balaban J connectivity index is 1.65. The van der Waals surface area contributed by atoms with Crippen molar-refractivity contribution in [3.05, 3.63) is 46.9 Å². The highest BCUT2D eigenvalue weighted by molar-refractivity contribution is 6.31. The van der Waals surface area contributed by atoms with Crippen LogP contribution in [0.2, 0.25) is 5.02 Å². The number of alkyl halides is 2. The van der Waals surface area contributed by atoms with Crippen molar-refractivity contribution in [1.82, 2.24) is 14.4 Å². The summed E-state index contributed by atoms with van der Waals surface area (Å²) in [5, 5.41) is 0.117. The number of rotatable bonds is 3. The maximum Gasteiger partial charge on any atom is 0.265 e. The molecule has 0 spiro atoms. The maximum absolute atomic E-state index is 13.5. The highest BCUT2D eigenvalue weighted by Crippen LogP contribution is 2.41. The minimum atomic E-state index is -2.62. The van der Waals surface area contributed by atoms with Crippen LogP contribution in [0.3, 0.4) is 0 Å². The number of imidazole rings is 1. The highest BCUT2D eigenvalue weighted by atomic mass is 35.5. The first kappa shape index (κ1) is 18.6. The summed E-state index contributed by atoms with van der Waals surface area (Å²) < 4.78 is 34.4. The van der Waals surface area contributed by atoms with Crippen LogP contribution in [-0.4, -0.2) is 47.2 Å². The van der Waals surface area contributed by atoms with E-state index in [0.717, 1.165) is 54.5 Å². The Kier molecular flexibility index (Phi) is 4.75. The minimum absolute atomic E-state index is 0.117. The van der Waals surface area contributed by atoms with Crippen LogP contribution in [0.15, 0.2) is 30.7 Å². The number of fused-ring (bicyclic) bond motifs is 2. The summed E-state index contributed by atoms with van der Waals surface area (Å²) in [4.78, 5) is 13.4. The van der Waals surface area contributed by atoms with Gasteiger partial charge in [0.15, 0.2) is 5.82 Å². The summed E-state index contributed by atoms with van der Waals surface area (Å²) in [6.07, 6.45) is 4.44. The Morgan fingerprint density at radius 1 is 1.14 bits per heavy atom. The Bertz CT molecular complexity index is 1050. The lowest BCUT2D eigenvalue weighted by Crippen LogP contribution is -2.37. The molecular formula is C20H20ClF2N5O. The summed E-state index contributed by atoms with van der Waals surface area (Å²) in [6.45, 7) is 3.50. The smallest absolute Gasteiger partial charge is 0.265 e. The van der Waals surface area contributed by atoms with Crippen LogP contribution in [-0.2, 0) is 11.2 Å². The molecule has 1 fully saturated rings. The molecular weight excluding hydrogens is 400 g/mol. The van der Waals surface area contributed by atoms with Crippen LogP contribution in [0, 0.1) is 0 Å². The van der Waals surface area contributed by atoms with Crippen molar-refractivity contribution in [3.63, 3.8) is 0 Å². The van der Waals surface area contributed by atoms with Gasteiger partial charge in [-0.15, -0.1) is 0 Å². The second-order valence-corrected chi connectivity index (χ2v) is 7.63. The molecule has 1 saturated heterocycles. The molecule has 29 heavy (non-hydrogen) atoms. The summed E-state index contributed by atoms with van der Waals surface area (Å²) in [5.41, 5.74) is 2.40. The molecule has 5 rings (SSSR count). The predicted molar refractivity (Wildman–Crippen MR) is 108 cm³/mol. The average molecular weight is 420 g/mol. The molecule has 0 N–H and O–H groups in total. The monoisotopic (exact) mass is 419 g/mol. The Hall–Kier alpha value is -2.45. The lowest BCUT2D eigenvalue weighted by molar-refractivity contribution is 0.122.